The van der Waals surface area contributed by atoms with E-state index in [1.165, 1.54) is 35.6 Å². The van der Waals surface area contributed by atoms with Gasteiger partial charge in [-0.25, -0.2) is 9.37 Å². The number of ether oxygens (including phenoxy) is 1. The minimum Gasteiger partial charge on any atom is -0.486 e. The average molecular weight is 399 g/mol. The fourth-order valence-electron chi connectivity index (χ4n) is 2.84. The van der Waals surface area contributed by atoms with Crippen molar-refractivity contribution in [1.29, 1.82) is 0 Å². The zero-order valence-electron chi connectivity index (χ0n) is 16.0. The molecule has 1 amide bonds. The van der Waals surface area contributed by atoms with Gasteiger partial charge < -0.3 is 9.64 Å². The van der Waals surface area contributed by atoms with Gasteiger partial charge in [0, 0.05) is 17.5 Å². The number of aryl methyl sites for hydroxylation is 1. The van der Waals surface area contributed by atoms with Crippen molar-refractivity contribution in [1.82, 2.24) is 9.88 Å². The Morgan fingerprint density at radius 2 is 1.93 bits per heavy atom. The molecule has 1 heterocycles. The molecule has 3 rings (SSSR count). The molecule has 0 atom stereocenters. The lowest BCUT2D eigenvalue weighted by Gasteiger charge is -2.21. The van der Waals surface area contributed by atoms with E-state index in [2.05, 4.69) is 4.98 Å². The number of amides is 1. The molecule has 0 aliphatic heterocycles. The zero-order valence-corrected chi connectivity index (χ0v) is 16.8. The van der Waals surface area contributed by atoms with Gasteiger partial charge in [0.1, 0.15) is 23.2 Å². The molecule has 0 fully saturated rings. The lowest BCUT2D eigenvalue weighted by molar-refractivity contribution is 0.0741. The summed E-state index contributed by atoms with van der Waals surface area (Å²) in [4.78, 5) is 19.1. The van der Waals surface area contributed by atoms with Crippen molar-refractivity contribution in [3.8, 4) is 5.75 Å². The van der Waals surface area contributed by atoms with Crippen LogP contribution in [0.3, 0.4) is 0 Å². The van der Waals surface area contributed by atoms with Crippen LogP contribution in [0.15, 0.2) is 53.9 Å². The van der Waals surface area contributed by atoms with Gasteiger partial charge in [0.05, 0.1) is 12.2 Å². The van der Waals surface area contributed by atoms with Crippen LogP contribution in [0.5, 0.6) is 5.75 Å². The number of nitrogens with zero attached hydrogens (tertiary/aromatic N) is 2. The van der Waals surface area contributed by atoms with Gasteiger partial charge in [0.2, 0.25) is 0 Å². The summed E-state index contributed by atoms with van der Waals surface area (Å²) in [7, 11) is 0. The predicted molar refractivity (Wildman–Crippen MR) is 109 cm³/mol. The first-order chi connectivity index (χ1) is 13.6. The molecule has 146 valence electrons. The van der Waals surface area contributed by atoms with E-state index in [1.807, 2.05) is 43.5 Å². The minimum atomic E-state index is -0.351. The van der Waals surface area contributed by atoms with E-state index < -0.39 is 0 Å². The smallest absolute Gasteiger partial charge is 0.254 e. The molecule has 4 nitrogen and oxygen atoms in total. The second kappa shape index (κ2) is 9.46. The van der Waals surface area contributed by atoms with Crippen molar-refractivity contribution in [3.05, 3.63) is 81.6 Å². The molecule has 0 radical (unpaired) electrons. The van der Waals surface area contributed by atoms with Crippen molar-refractivity contribution in [2.45, 2.75) is 33.4 Å². The van der Waals surface area contributed by atoms with Crippen LogP contribution in [0.4, 0.5) is 4.39 Å². The number of rotatable bonds is 8. The Hall–Kier alpha value is -2.73. The summed E-state index contributed by atoms with van der Waals surface area (Å²) >= 11 is 1.52. The molecule has 0 aliphatic carbocycles. The Bertz CT molecular complexity index is 924. The van der Waals surface area contributed by atoms with E-state index in [0.29, 0.717) is 25.3 Å². The Balaban J connectivity index is 1.64. The van der Waals surface area contributed by atoms with Gasteiger partial charge in [0.15, 0.2) is 0 Å². The van der Waals surface area contributed by atoms with E-state index in [-0.39, 0.29) is 11.7 Å². The van der Waals surface area contributed by atoms with Gasteiger partial charge in [-0.15, -0.1) is 11.3 Å². The molecule has 2 aromatic carbocycles. The largest absolute Gasteiger partial charge is 0.486 e. The number of thiazole rings is 1. The van der Waals surface area contributed by atoms with E-state index in [9.17, 15) is 9.18 Å². The Labute approximate surface area is 168 Å². The number of hydrogen-bond acceptors (Lipinski definition) is 4. The summed E-state index contributed by atoms with van der Waals surface area (Å²) in [5, 5.41) is 2.82. The molecule has 28 heavy (non-hydrogen) atoms. The summed E-state index contributed by atoms with van der Waals surface area (Å²) in [6, 6.07) is 13.5. The molecule has 0 spiro atoms. The standard InChI is InChI=1S/C22H23FN2O2S/c1-3-12-25(22(26)17-8-10-18(23)11-9-17)13-19-15-28-21(24-19)14-27-20-7-5-4-6-16(20)2/h4-11,15H,3,12-14H2,1-2H3. The summed E-state index contributed by atoms with van der Waals surface area (Å²) in [6.07, 6.45) is 0.834. The molecule has 0 saturated heterocycles. The van der Waals surface area contributed by atoms with E-state index in [1.54, 1.807) is 4.90 Å². The van der Waals surface area contributed by atoms with Gasteiger partial charge in [-0.2, -0.15) is 0 Å². The van der Waals surface area contributed by atoms with Crippen molar-refractivity contribution in [2.75, 3.05) is 6.54 Å². The van der Waals surface area contributed by atoms with Crippen LogP contribution in [-0.2, 0) is 13.2 Å². The number of carbonyl (C=O) groups excluding carboxylic acids is 1. The van der Waals surface area contributed by atoms with Gasteiger partial charge >= 0.3 is 0 Å². The molecule has 0 aliphatic rings. The van der Waals surface area contributed by atoms with Gasteiger partial charge in [-0.1, -0.05) is 25.1 Å². The highest BCUT2D eigenvalue weighted by Crippen LogP contribution is 2.20. The van der Waals surface area contributed by atoms with Gasteiger partial charge in [-0.05, 0) is 49.2 Å². The highest BCUT2D eigenvalue weighted by atomic mass is 32.1. The maximum absolute atomic E-state index is 13.1. The third kappa shape index (κ3) is 5.16. The van der Waals surface area contributed by atoms with Crippen LogP contribution in [0.25, 0.3) is 0 Å². The summed E-state index contributed by atoms with van der Waals surface area (Å²) in [6.45, 7) is 5.46. The molecular formula is C22H23FN2O2S. The maximum atomic E-state index is 13.1. The maximum Gasteiger partial charge on any atom is 0.254 e. The first-order valence-corrected chi connectivity index (χ1v) is 10.1. The van der Waals surface area contributed by atoms with Crippen molar-refractivity contribution in [3.63, 3.8) is 0 Å². The van der Waals surface area contributed by atoms with E-state index in [0.717, 1.165) is 28.4 Å². The van der Waals surface area contributed by atoms with Crippen molar-refractivity contribution >= 4 is 17.2 Å². The quantitative estimate of drug-likeness (QED) is 0.522. The lowest BCUT2D eigenvalue weighted by Crippen LogP contribution is -2.31. The highest BCUT2D eigenvalue weighted by Gasteiger charge is 2.17. The second-order valence-electron chi connectivity index (χ2n) is 6.52. The zero-order chi connectivity index (χ0) is 19.9. The normalized spacial score (nSPS) is 10.7. The topological polar surface area (TPSA) is 42.4 Å². The van der Waals surface area contributed by atoms with E-state index in [4.69, 9.17) is 4.74 Å². The lowest BCUT2D eigenvalue weighted by atomic mass is 10.2. The second-order valence-corrected chi connectivity index (χ2v) is 7.46. The van der Waals surface area contributed by atoms with E-state index >= 15 is 0 Å². The molecule has 0 saturated carbocycles. The van der Waals surface area contributed by atoms with Crippen molar-refractivity contribution in [2.24, 2.45) is 0 Å². The minimum absolute atomic E-state index is 0.118. The fraction of sp³-hybridized carbons (Fsp3) is 0.273. The summed E-state index contributed by atoms with van der Waals surface area (Å²) < 4.78 is 19.0. The SMILES string of the molecule is CCCN(Cc1csc(COc2ccccc2C)n1)C(=O)c1ccc(F)cc1. The molecular weight excluding hydrogens is 375 g/mol. The van der Waals surface area contributed by atoms with Crippen LogP contribution >= 0.6 is 11.3 Å². The first kappa shape index (κ1) is 20.0. The number of halogens is 1. The number of benzene rings is 2. The number of aromatic nitrogens is 1. The van der Waals surface area contributed by atoms with Crippen molar-refractivity contribution < 1.29 is 13.9 Å². The predicted octanol–water partition coefficient (Wildman–Crippen LogP) is 5.22. The van der Waals surface area contributed by atoms with Gasteiger partial charge in [-0.3, -0.25) is 4.79 Å². The molecule has 0 bridgehead atoms. The monoisotopic (exact) mass is 398 g/mol. The summed E-state index contributed by atoms with van der Waals surface area (Å²) in [5.74, 6) is 0.377. The van der Waals surface area contributed by atoms with Crippen LogP contribution in [-0.4, -0.2) is 22.3 Å². The number of carbonyl (C=O) groups is 1. The fourth-order valence-corrected chi connectivity index (χ4v) is 3.53. The van der Waals surface area contributed by atoms with Crippen LogP contribution < -0.4 is 4.74 Å². The highest BCUT2D eigenvalue weighted by molar-refractivity contribution is 7.09. The van der Waals surface area contributed by atoms with Crippen LogP contribution in [0, 0.1) is 12.7 Å². The average Bonchev–Trinajstić information content (AvgIpc) is 3.14. The third-order valence-electron chi connectivity index (χ3n) is 4.27. The van der Waals surface area contributed by atoms with Crippen LogP contribution in [0.2, 0.25) is 0 Å². The molecule has 6 heteroatoms. The first-order valence-electron chi connectivity index (χ1n) is 9.23. The molecule has 3 aromatic rings. The third-order valence-corrected chi connectivity index (χ3v) is 5.14. The Kier molecular flexibility index (Phi) is 6.76. The molecule has 0 N–H and O–H groups in total. The summed E-state index contributed by atoms with van der Waals surface area (Å²) in [5.41, 5.74) is 2.39. The van der Waals surface area contributed by atoms with Gasteiger partial charge in [0.25, 0.3) is 5.91 Å². The number of para-hydroxylation sites is 1. The Morgan fingerprint density at radius 3 is 2.64 bits per heavy atom. The number of hydrogen-bond donors (Lipinski definition) is 0. The molecule has 1 aromatic heterocycles. The van der Waals surface area contributed by atoms with Crippen LogP contribution in [0.1, 0.15) is 40.0 Å². The Morgan fingerprint density at radius 1 is 1.18 bits per heavy atom. The molecule has 0 unspecified atom stereocenters.